The number of benzene rings is 13. The first-order chi connectivity index (χ1) is 40.1. The number of nitrogens with zero attached hydrogens (tertiary/aromatic N) is 3. The molecule has 13 aromatic carbocycles. The van der Waals surface area contributed by atoms with Gasteiger partial charge in [0.1, 0.15) is 11.2 Å². The van der Waals surface area contributed by atoms with E-state index in [0.29, 0.717) is 0 Å². The summed E-state index contributed by atoms with van der Waals surface area (Å²) >= 11 is 1.85. The molecule has 0 radical (unpaired) electrons. The van der Waals surface area contributed by atoms with Crippen molar-refractivity contribution in [2.24, 2.45) is 0 Å². The number of hydrogen-bond acceptors (Lipinski definition) is 4. The fourth-order valence-electron chi connectivity index (χ4n) is 12.4. The van der Waals surface area contributed by atoms with Gasteiger partial charge in [-0.1, -0.05) is 200 Å². The third-order valence-electron chi connectivity index (χ3n) is 16.2. The smallest absolute Gasteiger partial charge is 0.143 e. The second-order valence-electron chi connectivity index (χ2n) is 20.8. The van der Waals surface area contributed by atoms with Crippen molar-refractivity contribution in [3.8, 4) is 39.1 Å². The molecule has 0 aliphatic carbocycles. The predicted octanol–water partition coefficient (Wildman–Crippen LogP) is 22.1. The fourth-order valence-corrected chi connectivity index (χ4v) is 13.4. The molecule has 3 heterocycles. The molecule has 380 valence electrons. The Hall–Kier alpha value is -10.5. The molecule has 0 bridgehead atoms. The van der Waals surface area contributed by atoms with Crippen LogP contribution in [-0.4, -0.2) is 4.57 Å². The third kappa shape index (κ3) is 7.97. The maximum absolute atomic E-state index is 6.59. The number of thiophene rings is 1. The topological polar surface area (TPSA) is 24.6 Å². The van der Waals surface area contributed by atoms with Crippen molar-refractivity contribution < 1.29 is 4.42 Å². The molecule has 81 heavy (non-hydrogen) atoms. The van der Waals surface area contributed by atoms with Crippen LogP contribution in [0.5, 0.6) is 0 Å². The number of furan rings is 1. The van der Waals surface area contributed by atoms with Gasteiger partial charge in [-0.15, -0.1) is 11.3 Å². The number of anilines is 6. The Morgan fingerprint density at radius 1 is 0.296 bits per heavy atom. The van der Waals surface area contributed by atoms with E-state index in [4.69, 9.17) is 4.42 Å². The van der Waals surface area contributed by atoms with E-state index in [2.05, 4.69) is 306 Å². The van der Waals surface area contributed by atoms with Crippen LogP contribution in [0.2, 0.25) is 0 Å². The maximum Gasteiger partial charge on any atom is 0.143 e. The van der Waals surface area contributed by atoms with E-state index < -0.39 is 0 Å². The predicted molar refractivity (Wildman–Crippen MR) is 344 cm³/mol. The lowest BCUT2D eigenvalue weighted by Gasteiger charge is -2.31. The van der Waals surface area contributed by atoms with Crippen molar-refractivity contribution in [3.05, 3.63) is 297 Å². The van der Waals surface area contributed by atoms with Crippen molar-refractivity contribution in [2.75, 3.05) is 9.80 Å². The summed E-state index contributed by atoms with van der Waals surface area (Å²) in [7, 11) is 0. The summed E-state index contributed by atoms with van der Waals surface area (Å²) in [5, 5.41) is 9.55. The van der Waals surface area contributed by atoms with Gasteiger partial charge in [-0.05, 0) is 130 Å². The van der Waals surface area contributed by atoms with Gasteiger partial charge in [0.25, 0.3) is 0 Å². The van der Waals surface area contributed by atoms with E-state index in [1.807, 2.05) is 17.4 Å². The molecular formula is C76H49N3OS. The Morgan fingerprint density at radius 2 is 0.802 bits per heavy atom. The molecule has 0 N–H and O–H groups in total. The Balaban J connectivity index is 0.922. The number of rotatable bonds is 10. The van der Waals surface area contributed by atoms with Crippen molar-refractivity contribution in [2.45, 2.75) is 0 Å². The molecule has 0 aliphatic rings. The van der Waals surface area contributed by atoms with Crippen LogP contribution in [0.15, 0.2) is 302 Å². The lowest BCUT2D eigenvalue weighted by molar-refractivity contribution is 0.670. The van der Waals surface area contributed by atoms with Gasteiger partial charge in [-0.25, -0.2) is 0 Å². The normalized spacial score (nSPS) is 11.7. The van der Waals surface area contributed by atoms with Crippen molar-refractivity contribution >= 4 is 120 Å². The lowest BCUT2D eigenvalue weighted by atomic mass is 10.0. The summed E-state index contributed by atoms with van der Waals surface area (Å²) in [4.78, 5) is 4.87. The average molecular weight is 1050 g/mol. The van der Waals surface area contributed by atoms with Crippen molar-refractivity contribution in [1.29, 1.82) is 0 Å². The second kappa shape index (κ2) is 19.2. The van der Waals surface area contributed by atoms with Crippen LogP contribution < -0.4 is 9.80 Å². The van der Waals surface area contributed by atoms with Crippen LogP contribution in [0.1, 0.15) is 0 Å². The highest BCUT2D eigenvalue weighted by Crippen LogP contribution is 2.47. The molecule has 0 saturated carbocycles. The molecule has 0 saturated heterocycles. The molecule has 0 fully saturated rings. The Kier molecular flexibility index (Phi) is 11.0. The van der Waals surface area contributed by atoms with Gasteiger partial charge in [-0.3, -0.25) is 0 Å². The quantitative estimate of drug-likeness (QED) is 0.136. The number of fused-ring (bicyclic) bond motifs is 10. The van der Waals surface area contributed by atoms with Crippen LogP contribution in [-0.2, 0) is 0 Å². The lowest BCUT2D eigenvalue weighted by Crippen LogP contribution is -2.14. The SMILES string of the molecule is c1ccc(-c2ccc(N(c3ccc(-c4ccc5sc6ccccc6c5c4)cc3)c3cc(N(c4ccc(-c5cccc6c5oc5ccccc56)cc4)c4cccc5ccccc45)cc(-n4c5ccccc5c5ccccc54)c3)cc2)cc1. The number of hydrogen-bond donors (Lipinski definition) is 0. The molecule has 0 amide bonds. The first kappa shape index (κ1) is 46.6. The zero-order chi connectivity index (χ0) is 53.4. The average Bonchev–Trinajstić information content (AvgIpc) is 4.25. The highest BCUT2D eigenvalue weighted by atomic mass is 32.1. The zero-order valence-corrected chi connectivity index (χ0v) is 44.8. The minimum absolute atomic E-state index is 0.888. The molecule has 0 atom stereocenters. The Bertz CT molecular complexity index is 4990. The highest BCUT2D eigenvalue weighted by molar-refractivity contribution is 7.25. The van der Waals surface area contributed by atoms with E-state index in [0.717, 1.165) is 100 Å². The molecule has 0 aliphatic heterocycles. The second-order valence-corrected chi connectivity index (χ2v) is 21.9. The summed E-state index contributed by atoms with van der Waals surface area (Å²) in [6.07, 6.45) is 0. The molecule has 0 unspecified atom stereocenters. The summed E-state index contributed by atoms with van der Waals surface area (Å²) in [5.74, 6) is 0. The molecule has 3 aromatic heterocycles. The number of para-hydroxylation sites is 4. The van der Waals surface area contributed by atoms with Crippen LogP contribution >= 0.6 is 11.3 Å². The van der Waals surface area contributed by atoms with Gasteiger partial charge in [0.05, 0.1) is 33.8 Å². The fraction of sp³-hybridized carbons (Fsp3) is 0. The minimum atomic E-state index is 0.888. The number of aromatic nitrogens is 1. The maximum atomic E-state index is 6.59. The zero-order valence-electron chi connectivity index (χ0n) is 43.9. The van der Waals surface area contributed by atoms with Crippen molar-refractivity contribution in [1.82, 2.24) is 4.57 Å². The first-order valence-corrected chi connectivity index (χ1v) is 28.4. The highest BCUT2D eigenvalue weighted by Gasteiger charge is 2.24. The third-order valence-corrected chi connectivity index (χ3v) is 17.3. The molecular weight excluding hydrogens is 1000 g/mol. The van der Waals surface area contributed by atoms with E-state index in [9.17, 15) is 0 Å². The summed E-state index contributed by atoms with van der Waals surface area (Å²) in [6.45, 7) is 0. The monoisotopic (exact) mass is 1050 g/mol. The molecule has 0 spiro atoms. The molecule has 4 nitrogen and oxygen atoms in total. The largest absolute Gasteiger partial charge is 0.455 e. The standard InChI is InChI=1S/C76H49N3OS/c1-2-16-50(17-3-1)51-32-39-56(40-33-51)77(57-41-34-52(35-42-57)55-38-45-75-69(46-55)67-24-9-13-31-74(67)81-75)59-47-60(49-61(48-59)79-71-27-10-6-21-64(71)65-22-7-11-28-72(65)79)78(70-29-14-19-53-18-4-5-20-62(53)70)58-43-36-54(37-44-58)63-25-15-26-68-66-23-8-12-30-73(66)80-76(63)68/h1-49H. The van der Waals surface area contributed by atoms with Gasteiger partial charge in [0.15, 0.2) is 0 Å². The van der Waals surface area contributed by atoms with E-state index in [-0.39, 0.29) is 0 Å². The summed E-state index contributed by atoms with van der Waals surface area (Å²) in [6, 6.07) is 108. The molecule has 16 aromatic rings. The first-order valence-electron chi connectivity index (χ1n) is 27.5. The van der Waals surface area contributed by atoms with Crippen LogP contribution in [0, 0.1) is 0 Å². The van der Waals surface area contributed by atoms with Crippen LogP contribution in [0.25, 0.3) is 114 Å². The van der Waals surface area contributed by atoms with Gasteiger partial charge < -0.3 is 18.8 Å². The Labute approximate surface area is 472 Å². The van der Waals surface area contributed by atoms with Gasteiger partial charge >= 0.3 is 0 Å². The summed E-state index contributed by atoms with van der Waals surface area (Å²) < 4.78 is 11.6. The van der Waals surface area contributed by atoms with Gasteiger partial charge in [0.2, 0.25) is 0 Å². The van der Waals surface area contributed by atoms with Crippen LogP contribution in [0.4, 0.5) is 34.1 Å². The van der Waals surface area contributed by atoms with Crippen molar-refractivity contribution in [3.63, 3.8) is 0 Å². The van der Waals surface area contributed by atoms with E-state index in [1.165, 1.54) is 47.5 Å². The summed E-state index contributed by atoms with van der Waals surface area (Å²) in [5.41, 5.74) is 18.1. The van der Waals surface area contributed by atoms with Crippen LogP contribution in [0.3, 0.4) is 0 Å². The Morgan fingerprint density at radius 3 is 1.53 bits per heavy atom. The molecule has 16 rings (SSSR count). The van der Waals surface area contributed by atoms with Gasteiger partial charge in [0, 0.05) is 69.7 Å². The minimum Gasteiger partial charge on any atom is -0.455 e. The molecule has 5 heteroatoms. The van der Waals surface area contributed by atoms with E-state index in [1.54, 1.807) is 0 Å². The van der Waals surface area contributed by atoms with Gasteiger partial charge in [-0.2, -0.15) is 0 Å². The van der Waals surface area contributed by atoms with E-state index >= 15 is 0 Å².